The van der Waals surface area contributed by atoms with Gasteiger partial charge >= 0.3 is 0 Å². The van der Waals surface area contributed by atoms with Gasteiger partial charge in [0.05, 0.1) is 32.0 Å². The zero-order chi connectivity index (χ0) is 60.9. The van der Waals surface area contributed by atoms with Crippen LogP contribution >= 0.6 is 0 Å². The smallest absolute Gasteiger partial charge is 0.220 e. The number of nitrogens with one attached hydrogen (secondary N) is 1. The molecule has 2 heterocycles. The minimum atomic E-state index is -1.79. The van der Waals surface area contributed by atoms with E-state index in [1.807, 2.05) is 6.08 Å². The van der Waals surface area contributed by atoms with Crippen LogP contribution in [0.25, 0.3) is 0 Å². The number of carbonyl (C=O) groups excluding carboxylic acids is 1. The summed E-state index contributed by atoms with van der Waals surface area (Å²) in [4.78, 5) is 13.3. The van der Waals surface area contributed by atoms with Crippen LogP contribution in [-0.4, -0.2) is 140 Å². The highest BCUT2D eigenvalue weighted by atomic mass is 16.7. The van der Waals surface area contributed by atoms with Gasteiger partial charge in [0.2, 0.25) is 5.91 Å². The lowest BCUT2D eigenvalue weighted by Crippen LogP contribution is -2.65. The normalized spacial score (nSPS) is 23.9. The minimum Gasteiger partial charge on any atom is -0.394 e. The maximum atomic E-state index is 13.3. The fourth-order valence-electron chi connectivity index (χ4n) is 11.4. The molecule has 12 unspecified atom stereocenters. The first-order valence-electron chi connectivity index (χ1n) is 34.9. The molecule has 0 bridgehead atoms. The average Bonchev–Trinajstić information content (AvgIpc) is 3.52. The number of ether oxygens (including phenoxy) is 4. The number of rotatable bonds is 57. The first-order chi connectivity index (χ1) is 41.1. The van der Waals surface area contributed by atoms with Crippen molar-refractivity contribution in [3.63, 3.8) is 0 Å². The maximum absolute atomic E-state index is 13.3. The largest absolute Gasteiger partial charge is 0.394 e. The fraction of sp³-hybridized carbons (Fsp3) is 0.871. The zero-order valence-electron chi connectivity index (χ0n) is 53.4. The van der Waals surface area contributed by atoms with Crippen molar-refractivity contribution in [1.29, 1.82) is 0 Å². The van der Waals surface area contributed by atoms with Gasteiger partial charge in [0.15, 0.2) is 12.6 Å². The van der Waals surface area contributed by atoms with E-state index in [2.05, 4.69) is 55.6 Å². The van der Waals surface area contributed by atoms with Crippen molar-refractivity contribution in [3.8, 4) is 0 Å². The highest BCUT2D eigenvalue weighted by molar-refractivity contribution is 5.76. The molecule has 14 heteroatoms. The Morgan fingerprint density at radius 1 is 0.417 bits per heavy atom. The molecule has 2 aliphatic rings. The third-order valence-corrected chi connectivity index (χ3v) is 17.0. The Bertz CT molecular complexity index is 1590. The third-order valence-electron chi connectivity index (χ3n) is 17.0. The first-order valence-corrected chi connectivity index (χ1v) is 34.9. The number of hydrogen-bond acceptors (Lipinski definition) is 13. The highest BCUT2D eigenvalue weighted by Gasteiger charge is 2.51. The van der Waals surface area contributed by atoms with Crippen molar-refractivity contribution in [2.45, 2.75) is 370 Å². The number of hydrogen-bond donors (Lipinski definition) is 9. The van der Waals surface area contributed by atoms with E-state index in [4.69, 9.17) is 18.9 Å². The summed E-state index contributed by atoms with van der Waals surface area (Å²) >= 11 is 0. The lowest BCUT2D eigenvalue weighted by atomic mass is 9.97. The van der Waals surface area contributed by atoms with Crippen molar-refractivity contribution in [2.75, 3.05) is 19.8 Å². The van der Waals surface area contributed by atoms with Crippen LogP contribution in [0, 0.1) is 0 Å². The number of allylic oxidation sites excluding steroid dienone is 7. The quantitative estimate of drug-likeness (QED) is 0.0204. The van der Waals surface area contributed by atoms with Crippen LogP contribution in [0.1, 0.15) is 296 Å². The molecule has 2 fully saturated rings. The van der Waals surface area contributed by atoms with Crippen molar-refractivity contribution in [1.82, 2.24) is 5.32 Å². The molecule has 0 aromatic rings. The Morgan fingerprint density at radius 2 is 0.762 bits per heavy atom. The monoisotopic (exact) mass is 1190 g/mol. The SMILES string of the molecule is CCCCC/C=C/CC/C=C/CC/C=C/C(O)C(COC1OC(CO)C(OC2OC(CO)C(O)C(O)C2O)C(O)C1O)NC(=O)CCCCCCCCCCCCCCCCCCCCCCCCCCC/C=C\CCCCCCCCCC. The Balaban J connectivity index is 1.57. The summed E-state index contributed by atoms with van der Waals surface area (Å²) < 4.78 is 22.8. The summed E-state index contributed by atoms with van der Waals surface area (Å²) in [5.74, 6) is -0.250. The standard InChI is InChI=1S/C70H129NO13/c1-3-5-7-9-11-13-15-17-18-19-20-21-22-23-24-25-26-27-28-29-30-31-32-33-34-35-36-37-38-39-40-42-44-46-48-50-52-54-62(75)71-58(59(74)53-51-49-47-45-43-41-16-14-12-10-8-6-4-2)57-81-69-67(80)65(78)68(61(56-73)83-69)84-70-66(79)64(77)63(76)60(55-72)82-70/h12,14,19-20,43,45,51,53,58-61,63-70,72-74,76-80H,3-11,13,15-18,21-42,44,46-50,52,54-57H2,1-2H3,(H,71,75)/b14-12+,20-19-,45-43+,53-51+. The Morgan fingerprint density at radius 3 is 1.19 bits per heavy atom. The molecule has 0 saturated carbocycles. The van der Waals surface area contributed by atoms with Gasteiger partial charge in [0.25, 0.3) is 0 Å². The number of amides is 1. The fourth-order valence-corrected chi connectivity index (χ4v) is 11.4. The molecular formula is C70H129NO13. The van der Waals surface area contributed by atoms with Crippen LogP contribution in [0.15, 0.2) is 48.6 Å². The second kappa shape index (κ2) is 55.1. The van der Waals surface area contributed by atoms with Gasteiger partial charge in [-0.05, 0) is 70.6 Å². The van der Waals surface area contributed by atoms with Crippen LogP contribution in [0.4, 0.5) is 0 Å². The topological polar surface area (TPSA) is 228 Å². The average molecular weight is 1190 g/mol. The molecule has 9 N–H and O–H groups in total. The van der Waals surface area contributed by atoms with Gasteiger partial charge in [-0.2, -0.15) is 0 Å². The molecule has 1 amide bonds. The second-order valence-electron chi connectivity index (χ2n) is 24.6. The summed E-state index contributed by atoms with van der Waals surface area (Å²) in [6, 6.07) is -0.936. The summed E-state index contributed by atoms with van der Waals surface area (Å²) in [5, 5.41) is 87.1. The Labute approximate surface area is 512 Å². The van der Waals surface area contributed by atoms with E-state index in [0.717, 1.165) is 44.9 Å². The van der Waals surface area contributed by atoms with Crippen LogP contribution in [0.2, 0.25) is 0 Å². The van der Waals surface area contributed by atoms with E-state index in [1.54, 1.807) is 6.08 Å². The zero-order valence-corrected chi connectivity index (χ0v) is 53.4. The van der Waals surface area contributed by atoms with Gasteiger partial charge in [0, 0.05) is 6.42 Å². The van der Waals surface area contributed by atoms with Gasteiger partial charge in [0.1, 0.15) is 48.8 Å². The maximum Gasteiger partial charge on any atom is 0.220 e. The van der Waals surface area contributed by atoms with Crippen LogP contribution in [-0.2, 0) is 23.7 Å². The number of unbranched alkanes of at least 4 members (excludes halogenated alkanes) is 38. The predicted octanol–water partition coefficient (Wildman–Crippen LogP) is 13.9. The van der Waals surface area contributed by atoms with E-state index < -0.39 is 86.8 Å². The number of aliphatic hydroxyl groups is 8. The van der Waals surface area contributed by atoms with Crippen molar-refractivity contribution < 1.29 is 64.6 Å². The van der Waals surface area contributed by atoms with E-state index >= 15 is 0 Å². The molecule has 492 valence electrons. The van der Waals surface area contributed by atoms with Crippen molar-refractivity contribution in [2.24, 2.45) is 0 Å². The Kier molecular flexibility index (Phi) is 51.1. The van der Waals surface area contributed by atoms with Gasteiger partial charge in [-0.15, -0.1) is 0 Å². The summed E-state index contributed by atoms with van der Waals surface area (Å²) in [5.41, 5.74) is 0. The highest BCUT2D eigenvalue weighted by Crippen LogP contribution is 2.30. The lowest BCUT2D eigenvalue weighted by Gasteiger charge is -2.46. The molecule has 2 aliphatic heterocycles. The van der Waals surface area contributed by atoms with Gasteiger partial charge in [-0.3, -0.25) is 4.79 Å². The third kappa shape index (κ3) is 39.1. The van der Waals surface area contributed by atoms with E-state index in [-0.39, 0.29) is 18.9 Å². The minimum absolute atomic E-state index is 0.250. The van der Waals surface area contributed by atoms with Crippen molar-refractivity contribution >= 4 is 5.91 Å². The van der Waals surface area contributed by atoms with Gasteiger partial charge in [-0.25, -0.2) is 0 Å². The number of aliphatic hydroxyl groups excluding tert-OH is 8. The summed E-state index contributed by atoms with van der Waals surface area (Å²) in [6.07, 6.45) is 54.9. The van der Waals surface area contributed by atoms with Crippen LogP contribution < -0.4 is 5.32 Å². The molecule has 0 radical (unpaired) electrons. The second-order valence-corrected chi connectivity index (χ2v) is 24.6. The van der Waals surface area contributed by atoms with E-state index in [9.17, 15) is 45.6 Å². The molecule has 0 aromatic carbocycles. The first kappa shape index (κ1) is 78.0. The molecule has 2 saturated heterocycles. The van der Waals surface area contributed by atoms with Crippen LogP contribution in [0.3, 0.4) is 0 Å². The van der Waals surface area contributed by atoms with Crippen LogP contribution in [0.5, 0.6) is 0 Å². The molecular weight excluding hydrogens is 1060 g/mol. The van der Waals surface area contributed by atoms with E-state index in [0.29, 0.717) is 12.8 Å². The molecule has 0 aromatic heterocycles. The number of carbonyl (C=O) groups is 1. The van der Waals surface area contributed by atoms with Gasteiger partial charge < -0.3 is 65.1 Å². The van der Waals surface area contributed by atoms with E-state index in [1.165, 1.54) is 218 Å². The molecule has 12 atom stereocenters. The molecule has 2 rings (SSSR count). The molecule has 0 spiro atoms. The molecule has 14 nitrogen and oxygen atoms in total. The molecule has 0 aliphatic carbocycles. The predicted molar refractivity (Wildman–Crippen MR) is 341 cm³/mol. The van der Waals surface area contributed by atoms with Crippen molar-refractivity contribution in [3.05, 3.63) is 48.6 Å². The summed E-state index contributed by atoms with van der Waals surface area (Å²) in [6.45, 7) is 2.76. The summed E-state index contributed by atoms with van der Waals surface area (Å²) in [7, 11) is 0. The van der Waals surface area contributed by atoms with Gasteiger partial charge in [-0.1, -0.05) is 268 Å². The molecule has 84 heavy (non-hydrogen) atoms. The lowest BCUT2D eigenvalue weighted by molar-refractivity contribution is -0.359. The Hall–Kier alpha value is -2.05.